The van der Waals surface area contributed by atoms with Crippen molar-refractivity contribution in [2.24, 2.45) is 9.98 Å². The number of carbonyl (C=O) groups excluding carboxylic acids is 1. The largest absolute Gasteiger partial charge is 0.361 e. The predicted octanol–water partition coefficient (Wildman–Crippen LogP) is 3.40. The summed E-state index contributed by atoms with van der Waals surface area (Å²) in [5.41, 5.74) is 4.76. The molecule has 0 saturated carbocycles. The number of aliphatic imine (C=N–C) groups is 2. The Hall–Kier alpha value is -3.02. The number of ketones is 1. The van der Waals surface area contributed by atoms with Crippen LogP contribution in [0.2, 0.25) is 0 Å². The summed E-state index contributed by atoms with van der Waals surface area (Å²) >= 11 is 0. The van der Waals surface area contributed by atoms with Crippen LogP contribution in [0.4, 0.5) is 0 Å². The third-order valence-corrected chi connectivity index (χ3v) is 4.87. The Morgan fingerprint density at radius 1 is 1.04 bits per heavy atom. The second-order valence-corrected chi connectivity index (χ2v) is 6.34. The van der Waals surface area contributed by atoms with Crippen molar-refractivity contribution in [3.8, 4) is 0 Å². The van der Waals surface area contributed by atoms with Crippen molar-refractivity contribution in [1.82, 2.24) is 10.1 Å². The summed E-state index contributed by atoms with van der Waals surface area (Å²) in [6.07, 6.45) is 0. The van der Waals surface area contributed by atoms with Gasteiger partial charge in [0.05, 0.1) is 16.8 Å². The van der Waals surface area contributed by atoms with Crippen molar-refractivity contribution in [1.29, 1.82) is 0 Å². The van der Waals surface area contributed by atoms with Gasteiger partial charge in [0.2, 0.25) is 5.96 Å². The zero-order chi connectivity index (χ0) is 18.4. The molecule has 1 aromatic carbocycles. The lowest BCUT2D eigenvalue weighted by molar-refractivity contribution is 0.105. The van der Waals surface area contributed by atoms with E-state index in [1.807, 2.05) is 38.1 Å². The zero-order valence-corrected chi connectivity index (χ0v) is 15.3. The minimum atomic E-state index is -0.0616. The third kappa shape index (κ3) is 2.25. The summed E-state index contributed by atoms with van der Waals surface area (Å²) < 4.78 is 5.31. The first-order valence-electron chi connectivity index (χ1n) is 8.81. The molecule has 1 aromatic heterocycles. The molecule has 4 rings (SSSR count). The Morgan fingerprint density at radius 3 is 2.35 bits per heavy atom. The minimum absolute atomic E-state index is 0.0616. The molecule has 0 N–H and O–H groups in total. The molecule has 6 nitrogen and oxygen atoms in total. The molecule has 0 saturated heterocycles. The van der Waals surface area contributed by atoms with Gasteiger partial charge >= 0.3 is 0 Å². The highest BCUT2D eigenvalue weighted by Crippen LogP contribution is 2.38. The van der Waals surface area contributed by atoms with E-state index < -0.39 is 0 Å². The monoisotopic (exact) mass is 348 g/mol. The Bertz CT molecular complexity index is 987. The molecular weight excluding hydrogens is 328 g/mol. The first-order valence-corrected chi connectivity index (χ1v) is 8.81. The molecule has 0 spiro atoms. The summed E-state index contributed by atoms with van der Waals surface area (Å²) in [6.45, 7) is 9.39. The van der Waals surface area contributed by atoms with E-state index in [2.05, 4.69) is 23.9 Å². The van der Waals surface area contributed by atoms with Crippen LogP contribution in [-0.2, 0) is 0 Å². The molecule has 6 heteroatoms. The molecule has 0 atom stereocenters. The van der Waals surface area contributed by atoms with Gasteiger partial charge in [0.15, 0.2) is 5.78 Å². The molecule has 2 aliphatic rings. The van der Waals surface area contributed by atoms with Crippen molar-refractivity contribution in [2.45, 2.75) is 27.7 Å². The van der Waals surface area contributed by atoms with E-state index in [-0.39, 0.29) is 5.78 Å². The van der Waals surface area contributed by atoms with Gasteiger partial charge in [0.25, 0.3) is 0 Å². The average Bonchev–Trinajstić information content (AvgIpc) is 3.22. The Balaban J connectivity index is 2.02. The number of guanidine groups is 1. The summed E-state index contributed by atoms with van der Waals surface area (Å²) in [5.74, 6) is 1.20. The van der Waals surface area contributed by atoms with Crippen molar-refractivity contribution in [3.63, 3.8) is 0 Å². The topological polar surface area (TPSA) is 71.1 Å². The number of carbonyl (C=O) groups is 1. The van der Waals surface area contributed by atoms with Gasteiger partial charge in [-0.2, -0.15) is 0 Å². The van der Waals surface area contributed by atoms with E-state index in [1.165, 1.54) is 0 Å². The highest BCUT2D eigenvalue weighted by atomic mass is 16.5. The first-order chi connectivity index (χ1) is 12.6. The minimum Gasteiger partial charge on any atom is -0.361 e. The van der Waals surface area contributed by atoms with Crippen LogP contribution in [0.25, 0.3) is 5.57 Å². The average molecular weight is 348 g/mol. The quantitative estimate of drug-likeness (QED) is 0.852. The van der Waals surface area contributed by atoms with Crippen molar-refractivity contribution in [3.05, 3.63) is 58.1 Å². The van der Waals surface area contributed by atoms with Crippen LogP contribution in [0.1, 0.15) is 46.8 Å². The molecule has 2 aromatic rings. The van der Waals surface area contributed by atoms with Crippen LogP contribution in [0.15, 0.2) is 44.5 Å². The number of nitrogens with zero attached hydrogens (tertiary/aromatic N) is 4. The van der Waals surface area contributed by atoms with Gasteiger partial charge in [-0.1, -0.05) is 29.4 Å². The van der Waals surface area contributed by atoms with Crippen LogP contribution in [0.3, 0.4) is 0 Å². The maximum Gasteiger partial charge on any atom is 0.226 e. The predicted molar refractivity (Wildman–Crippen MR) is 101 cm³/mol. The number of rotatable bonds is 3. The third-order valence-electron chi connectivity index (χ3n) is 4.87. The van der Waals surface area contributed by atoms with Crippen molar-refractivity contribution >= 4 is 23.0 Å². The maximum atomic E-state index is 13.3. The highest BCUT2D eigenvalue weighted by Gasteiger charge is 2.37. The molecule has 0 unspecified atom stereocenters. The number of allylic oxidation sites excluding steroid dienone is 2. The van der Waals surface area contributed by atoms with Crippen LogP contribution in [0, 0.1) is 13.8 Å². The molecule has 1 aliphatic carbocycles. The zero-order valence-electron chi connectivity index (χ0n) is 15.3. The standard InChI is InChI=1S/C20H20N4O2/c1-5-24(6-2)20-21-17-13-9-7-8-10-14(13)19(25)16(18(17)22-20)15-11(3)23-26-12(15)4/h7-10H,5-6H2,1-4H3. The van der Waals surface area contributed by atoms with Gasteiger partial charge in [0, 0.05) is 24.2 Å². The molecule has 26 heavy (non-hydrogen) atoms. The normalized spacial score (nSPS) is 15.6. The van der Waals surface area contributed by atoms with Crippen LogP contribution < -0.4 is 0 Å². The van der Waals surface area contributed by atoms with Crippen LogP contribution in [0.5, 0.6) is 0 Å². The fourth-order valence-electron chi connectivity index (χ4n) is 3.54. The van der Waals surface area contributed by atoms with E-state index >= 15 is 0 Å². The van der Waals surface area contributed by atoms with Crippen molar-refractivity contribution in [2.75, 3.05) is 13.1 Å². The Labute approximate surface area is 151 Å². The van der Waals surface area contributed by atoms with E-state index in [0.717, 1.165) is 29.9 Å². The van der Waals surface area contributed by atoms with Gasteiger partial charge in [-0.25, -0.2) is 9.98 Å². The molecule has 0 amide bonds. The first kappa shape index (κ1) is 16.4. The number of hydrogen-bond acceptors (Lipinski definition) is 6. The number of Topliss-reactive ketones (excluding diaryl/α,β-unsaturated/α-hetero) is 1. The molecule has 0 fully saturated rings. The fourth-order valence-corrected chi connectivity index (χ4v) is 3.54. The van der Waals surface area contributed by atoms with Gasteiger partial charge in [-0.3, -0.25) is 4.79 Å². The second kappa shape index (κ2) is 6.05. The molecule has 0 radical (unpaired) electrons. The molecular formula is C20H20N4O2. The van der Waals surface area contributed by atoms with Crippen molar-refractivity contribution < 1.29 is 9.32 Å². The maximum absolute atomic E-state index is 13.3. The van der Waals surface area contributed by atoms with E-state index in [9.17, 15) is 4.79 Å². The highest BCUT2D eigenvalue weighted by molar-refractivity contribution is 6.43. The smallest absolute Gasteiger partial charge is 0.226 e. The van der Waals surface area contributed by atoms with E-state index in [0.29, 0.717) is 34.2 Å². The summed E-state index contributed by atoms with van der Waals surface area (Å²) in [6, 6.07) is 7.55. The van der Waals surface area contributed by atoms with Gasteiger partial charge in [0.1, 0.15) is 17.2 Å². The van der Waals surface area contributed by atoms with E-state index in [1.54, 1.807) is 0 Å². The van der Waals surface area contributed by atoms with Gasteiger partial charge in [-0.05, 0) is 27.7 Å². The Morgan fingerprint density at radius 2 is 1.73 bits per heavy atom. The molecule has 2 heterocycles. The number of aromatic nitrogens is 1. The fraction of sp³-hybridized carbons (Fsp3) is 0.300. The number of fused-ring (bicyclic) bond motifs is 3. The molecule has 132 valence electrons. The lowest BCUT2D eigenvalue weighted by atomic mass is 9.83. The lowest BCUT2D eigenvalue weighted by Crippen LogP contribution is -2.28. The summed E-state index contributed by atoms with van der Waals surface area (Å²) in [5, 5.41) is 4.02. The number of aryl methyl sites for hydroxylation is 2. The van der Waals surface area contributed by atoms with E-state index in [4.69, 9.17) is 14.5 Å². The molecule has 1 aliphatic heterocycles. The van der Waals surface area contributed by atoms with Crippen LogP contribution in [-0.4, -0.2) is 40.6 Å². The lowest BCUT2D eigenvalue weighted by Gasteiger charge is -2.18. The van der Waals surface area contributed by atoms with Crippen LogP contribution >= 0.6 is 0 Å². The second-order valence-electron chi connectivity index (χ2n) is 6.34. The SMILES string of the molecule is CCN(CC)C1=NC2=C(c3c(C)noc3C)C(=O)c3ccccc3C2=N1. The van der Waals surface area contributed by atoms with Gasteiger partial charge in [-0.15, -0.1) is 0 Å². The van der Waals surface area contributed by atoms with Gasteiger partial charge < -0.3 is 9.42 Å². The Kier molecular flexibility index (Phi) is 3.83. The number of hydrogen-bond donors (Lipinski definition) is 0. The molecule has 0 bridgehead atoms. The summed E-state index contributed by atoms with van der Waals surface area (Å²) in [7, 11) is 0. The number of benzene rings is 1. The summed E-state index contributed by atoms with van der Waals surface area (Å²) in [4.78, 5) is 24.9.